The van der Waals surface area contributed by atoms with Crippen LogP contribution in [-0.2, 0) is 0 Å². The molecule has 0 unspecified atom stereocenters. The molecular weight excluding hydrogens is 306 g/mol. The van der Waals surface area contributed by atoms with E-state index in [1.807, 2.05) is 12.1 Å². The second kappa shape index (κ2) is 6.89. The topological polar surface area (TPSA) is 26.0 Å². The molecule has 0 amide bonds. The lowest BCUT2D eigenvalue weighted by atomic mass is 10.1. The second-order valence-electron chi connectivity index (χ2n) is 6.11. The van der Waals surface area contributed by atoms with Gasteiger partial charge in [-0.1, -0.05) is 88.8 Å². The third-order valence-corrected chi connectivity index (χ3v) is 7.45. The zero-order valence-electron chi connectivity index (χ0n) is 14.2. The number of rotatable bonds is 4. The molecule has 0 aromatic heterocycles. The van der Waals surface area contributed by atoms with Crippen LogP contribution in [0.3, 0.4) is 0 Å². The van der Waals surface area contributed by atoms with Crippen LogP contribution in [0.1, 0.15) is 16.7 Å². The van der Waals surface area contributed by atoms with E-state index >= 15 is 0 Å². The number of benzene rings is 3. The minimum absolute atomic E-state index is 0.784. The molecule has 0 saturated heterocycles. The van der Waals surface area contributed by atoms with Gasteiger partial charge in [-0.2, -0.15) is 0 Å². The van der Waals surface area contributed by atoms with Crippen molar-refractivity contribution < 1.29 is 0 Å². The first-order chi connectivity index (χ1) is 11.6. The van der Waals surface area contributed by atoms with Crippen LogP contribution in [0.4, 0.5) is 5.69 Å². The molecule has 0 saturated carbocycles. The highest BCUT2D eigenvalue weighted by Crippen LogP contribution is 2.19. The predicted octanol–water partition coefficient (Wildman–Crippen LogP) is 3.75. The summed E-state index contributed by atoms with van der Waals surface area (Å²) in [5.74, 6) is 0. The molecule has 3 aromatic carbocycles. The Morgan fingerprint density at radius 2 is 1.38 bits per heavy atom. The molecule has 0 bridgehead atoms. The molecule has 0 fully saturated rings. The van der Waals surface area contributed by atoms with Crippen LogP contribution < -0.4 is 16.1 Å². The molecule has 1 radical (unpaired) electrons. The van der Waals surface area contributed by atoms with E-state index < -0.39 is 8.80 Å². The van der Waals surface area contributed by atoms with Gasteiger partial charge >= 0.3 is 0 Å². The number of nitrogen functional groups attached to an aromatic ring is 1. The maximum Gasteiger partial charge on any atom is 0.155 e. The molecule has 0 atom stereocenters. The Kier molecular flexibility index (Phi) is 4.68. The lowest BCUT2D eigenvalue weighted by molar-refractivity contribution is 1.43. The van der Waals surface area contributed by atoms with Gasteiger partial charge in [0.05, 0.1) is 0 Å². The SMILES string of the molecule is C=C(c1ccc(N)cc1)[Si](c1ccccc1)c1c(C)cccc1C. The summed E-state index contributed by atoms with van der Waals surface area (Å²) in [6.07, 6.45) is 0. The highest BCUT2D eigenvalue weighted by molar-refractivity contribution is 7.00. The van der Waals surface area contributed by atoms with Crippen LogP contribution in [0.25, 0.3) is 5.20 Å². The molecule has 0 aliphatic carbocycles. The fourth-order valence-electron chi connectivity index (χ4n) is 3.11. The molecule has 2 heteroatoms. The van der Waals surface area contributed by atoms with Gasteiger partial charge in [0, 0.05) is 5.69 Å². The van der Waals surface area contributed by atoms with E-state index in [2.05, 4.69) is 81.1 Å². The largest absolute Gasteiger partial charge is 0.399 e. The molecule has 3 aromatic rings. The summed E-state index contributed by atoms with van der Waals surface area (Å²) in [5, 5.41) is 4.00. The fourth-order valence-corrected chi connectivity index (χ4v) is 5.99. The number of anilines is 1. The van der Waals surface area contributed by atoms with Crippen molar-refractivity contribution in [3.63, 3.8) is 0 Å². The zero-order valence-corrected chi connectivity index (χ0v) is 15.2. The second-order valence-corrected chi connectivity index (χ2v) is 8.54. The predicted molar refractivity (Wildman–Crippen MR) is 107 cm³/mol. The summed E-state index contributed by atoms with van der Waals surface area (Å²) in [5.41, 5.74) is 10.5. The Hall–Kier alpha value is -2.58. The Morgan fingerprint density at radius 3 is 1.96 bits per heavy atom. The normalized spacial score (nSPS) is 10.8. The minimum Gasteiger partial charge on any atom is -0.399 e. The highest BCUT2D eigenvalue weighted by Gasteiger charge is 2.24. The first kappa shape index (κ1) is 16.3. The van der Waals surface area contributed by atoms with Crippen molar-refractivity contribution in [1.29, 1.82) is 0 Å². The van der Waals surface area contributed by atoms with E-state index in [1.165, 1.54) is 32.3 Å². The van der Waals surface area contributed by atoms with Gasteiger partial charge in [-0.25, -0.2) is 0 Å². The maximum atomic E-state index is 5.85. The Morgan fingerprint density at radius 1 is 0.792 bits per heavy atom. The van der Waals surface area contributed by atoms with Crippen molar-refractivity contribution >= 4 is 30.1 Å². The van der Waals surface area contributed by atoms with Crippen molar-refractivity contribution in [2.75, 3.05) is 5.73 Å². The van der Waals surface area contributed by atoms with Crippen LogP contribution in [0.2, 0.25) is 0 Å². The lowest BCUT2D eigenvalue weighted by Gasteiger charge is -2.23. The van der Waals surface area contributed by atoms with E-state index in [0.29, 0.717) is 0 Å². The van der Waals surface area contributed by atoms with Crippen molar-refractivity contribution in [2.45, 2.75) is 13.8 Å². The summed E-state index contributed by atoms with van der Waals surface area (Å²) in [6.45, 7) is 8.90. The number of hydrogen-bond donors (Lipinski definition) is 1. The molecule has 2 N–H and O–H groups in total. The van der Waals surface area contributed by atoms with Gasteiger partial charge in [0.1, 0.15) is 0 Å². The first-order valence-electron chi connectivity index (χ1n) is 8.12. The third-order valence-electron chi connectivity index (χ3n) is 4.35. The van der Waals surface area contributed by atoms with E-state index in [0.717, 1.165) is 5.69 Å². The quantitative estimate of drug-likeness (QED) is 0.573. The molecule has 3 rings (SSSR count). The Bertz CT molecular complexity index is 831. The van der Waals surface area contributed by atoms with E-state index in [-0.39, 0.29) is 0 Å². The average Bonchev–Trinajstić information content (AvgIpc) is 2.59. The number of nitrogens with two attached hydrogens (primary N) is 1. The van der Waals surface area contributed by atoms with E-state index in [9.17, 15) is 0 Å². The van der Waals surface area contributed by atoms with Crippen LogP contribution in [-0.4, -0.2) is 8.80 Å². The maximum absolute atomic E-state index is 5.85. The zero-order chi connectivity index (χ0) is 17.1. The van der Waals surface area contributed by atoms with Gasteiger partial charge in [-0.05, 0) is 36.7 Å². The standard InChI is InChI=1S/C22H22NSi/c1-16-8-7-9-17(2)22(16)24(21-10-5-4-6-11-21)18(3)19-12-14-20(23)15-13-19/h4-15H,3,23H2,1-2H3. The Labute approximate surface area is 146 Å². The summed E-state index contributed by atoms with van der Waals surface area (Å²) in [6, 6.07) is 25.4. The molecule has 24 heavy (non-hydrogen) atoms. The van der Waals surface area contributed by atoms with Crippen LogP contribution >= 0.6 is 0 Å². The molecule has 1 nitrogen and oxygen atoms in total. The fraction of sp³-hybridized carbons (Fsp3) is 0.0909. The summed E-state index contributed by atoms with van der Waals surface area (Å²) in [4.78, 5) is 0. The van der Waals surface area contributed by atoms with E-state index in [4.69, 9.17) is 5.73 Å². The van der Waals surface area contributed by atoms with Gasteiger partial charge in [0.2, 0.25) is 0 Å². The Balaban J connectivity index is 2.16. The summed E-state index contributed by atoms with van der Waals surface area (Å²) in [7, 11) is -1.14. The minimum atomic E-state index is -1.14. The molecule has 0 heterocycles. The van der Waals surface area contributed by atoms with Gasteiger partial charge in [0.25, 0.3) is 0 Å². The molecular formula is C22H22NSi. The molecule has 119 valence electrons. The highest BCUT2D eigenvalue weighted by atomic mass is 28.3. The van der Waals surface area contributed by atoms with Gasteiger partial charge < -0.3 is 5.73 Å². The summed E-state index contributed by atoms with van der Waals surface area (Å²) >= 11 is 0. The van der Waals surface area contributed by atoms with Gasteiger partial charge in [-0.3, -0.25) is 0 Å². The molecule has 0 aliphatic rings. The van der Waals surface area contributed by atoms with Crippen molar-refractivity contribution in [3.8, 4) is 0 Å². The monoisotopic (exact) mass is 328 g/mol. The summed E-state index contributed by atoms with van der Waals surface area (Å²) < 4.78 is 0. The smallest absolute Gasteiger partial charge is 0.155 e. The molecule has 0 aliphatic heterocycles. The lowest BCUT2D eigenvalue weighted by Crippen LogP contribution is -2.45. The molecule has 0 spiro atoms. The number of hydrogen-bond acceptors (Lipinski definition) is 1. The van der Waals surface area contributed by atoms with Crippen molar-refractivity contribution in [2.24, 2.45) is 0 Å². The van der Waals surface area contributed by atoms with Crippen LogP contribution in [0, 0.1) is 13.8 Å². The van der Waals surface area contributed by atoms with Crippen molar-refractivity contribution in [1.82, 2.24) is 0 Å². The van der Waals surface area contributed by atoms with E-state index in [1.54, 1.807) is 0 Å². The van der Waals surface area contributed by atoms with Crippen molar-refractivity contribution in [3.05, 3.63) is 96.1 Å². The third kappa shape index (κ3) is 3.19. The first-order valence-corrected chi connectivity index (χ1v) is 9.62. The average molecular weight is 329 g/mol. The van der Waals surface area contributed by atoms with Gasteiger partial charge in [-0.15, -0.1) is 0 Å². The van der Waals surface area contributed by atoms with Gasteiger partial charge in [0.15, 0.2) is 8.80 Å². The number of aryl methyl sites for hydroxylation is 2. The van der Waals surface area contributed by atoms with Crippen LogP contribution in [0.15, 0.2) is 79.4 Å². The van der Waals surface area contributed by atoms with Crippen LogP contribution in [0.5, 0.6) is 0 Å².